The molecule has 1 atom stereocenters. The number of halogens is 1. The maximum absolute atomic E-state index is 11.1. The second-order valence-electron chi connectivity index (χ2n) is 4.54. The Morgan fingerprint density at radius 1 is 1.61 bits per heavy atom. The monoisotopic (exact) mass is 269 g/mol. The van der Waals surface area contributed by atoms with Gasteiger partial charge in [0, 0.05) is 17.6 Å². The lowest BCUT2D eigenvalue weighted by atomic mass is 10.2. The number of hydrogen-bond donors (Lipinski definition) is 2. The summed E-state index contributed by atoms with van der Waals surface area (Å²) in [5, 5.41) is 12.9. The number of carbonyl (C=O) groups is 1. The lowest BCUT2D eigenvalue weighted by Gasteiger charge is -2.17. The Balaban J connectivity index is 1.99. The van der Waals surface area contributed by atoms with Crippen molar-refractivity contribution in [3.63, 3.8) is 0 Å². The zero-order valence-corrected chi connectivity index (χ0v) is 10.9. The molecule has 0 bridgehead atoms. The number of carboxylic acids is 1. The molecule has 2 N–H and O–H groups in total. The van der Waals surface area contributed by atoms with Crippen molar-refractivity contribution < 1.29 is 14.6 Å². The van der Waals surface area contributed by atoms with E-state index in [1.165, 1.54) is 0 Å². The van der Waals surface area contributed by atoms with Crippen molar-refractivity contribution in [3.8, 4) is 5.75 Å². The van der Waals surface area contributed by atoms with E-state index in [9.17, 15) is 4.79 Å². The summed E-state index contributed by atoms with van der Waals surface area (Å²) in [6.07, 6.45) is 1.36. The van der Waals surface area contributed by atoms with Crippen LogP contribution in [0.4, 0.5) is 0 Å². The third-order valence-electron chi connectivity index (χ3n) is 2.85. The van der Waals surface area contributed by atoms with Gasteiger partial charge in [0.15, 0.2) is 0 Å². The number of nitrogens with one attached hydrogen (secondary N) is 1. The van der Waals surface area contributed by atoms with Gasteiger partial charge in [-0.2, -0.15) is 0 Å². The fraction of sp³-hybridized carbons (Fsp3) is 0.462. The van der Waals surface area contributed by atoms with Crippen molar-refractivity contribution in [3.05, 3.63) is 28.8 Å². The number of rotatable bonds is 6. The van der Waals surface area contributed by atoms with Crippen molar-refractivity contribution in [2.24, 2.45) is 0 Å². The second-order valence-corrected chi connectivity index (χ2v) is 4.97. The molecule has 0 radical (unpaired) electrons. The number of ether oxygens (including phenoxy) is 1. The molecular weight excluding hydrogens is 254 g/mol. The van der Waals surface area contributed by atoms with Crippen LogP contribution >= 0.6 is 11.6 Å². The van der Waals surface area contributed by atoms with E-state index < -0.39 is 12.1 Å². The van der Waals surface area contributed by atoms with Crippen molar-refractivity contribution in [2.45, 2.75) is 31.9 Å². The van der Waals surface area contributed by atoms with Crippen LogP contribution in [0.1, 0.15) is 18.4 Å². The first-order chi connectivity index (χ1) is 8.56. The average Bonchev–Trinajstić information content (AvgIpc) is 3.10. The van der Waals surface area contributed by atoms with E-state index in [1.807, 2.05) is 6.92 Å². The van der Waals surface area contributed by atoms with Crippen LogP contribution in [0.15, 0.2) is 18.2 Å². The SMILES string of the molecule is Cc1cc(Cl)ccc1OC(CNC1CC1)C(=O)O. The second kappa shape index (κ2) is 5.59. The largest absolute Gasteiger partial charge is 0.478 e. The molecule has 0 heterocycles. The molecule has 0 amide bonds. The molecule has 1 aromatic carbocycles. The molecule has 98 valence electrons. The summed E-state index contributed by atoms with van der Waals surface area (Å²) in [6, 6.07) is 5.60. The molecule has 1 unspecified atom stereocenters. The Bertz CT molecular complexity index is 446. The van der Waals surface area contributed by atoms with Gasteiger partial charge in [-0.1, -0.05) is 11.6 Å². The Morgan fingerprint density at radius 2 is 2.33 bits per heavy atom. The van der Waals surface area contributed by atoms with Crippen LogP contribution in [0.2, 0.25) is 5.02 Å². The molecule has 1 saturated carbocycles. The molecule has 0 aromatic heterocycles. The van der Waals surface area contributed by atoms with E-state index in [-0.39, 0.29) is 0 Å². The summed E-state index contributed by atoms with van der Waals surface area (Å²) >= 11 is 5.84. The van der Waals surface area contributed by atoms with E-state index in [1.54, 1.807) is 18.2 Å². The summed E-state index contributed by atoms with van der Waals surface area (Å²) < 4.78 is 5.52. The molecule has 1 aliphatic rings. The van der Waals surface area contributed by atoms with E-state index in [2.05, 4.69) is 5.32 Å². The van der Waals surface area contributed by atoms with Gasteiger partial charge >= 0.3 is 5.97 Å². The highest BCUT2D eigenvalue weighted by atomic mass is 35.5. The molecule has 18 heavy (non-hydrogen) atoms. The van der Waals surface area contributed by atoms with Gasteiger partial charge in [-0.15, -0.1) is 0 Å². The third-order valence-corrected chi connectivity index (χ3v) is 3.09. The molecule has 1 aromatic rings. The van der Waals surface area contributed by atoms with Crippen molar-refractivity contribution in [1.29, 1.82) is 0 Å². The summed E-state index contributed by atoms with van der Waals surface area (Å²) in [7, 11) is 0. The number of carboxylic acid groups (broad SMARTS) is 1. The van der Waals surface area contributed by atoms with E-state index in [4.69, 9.17) is 21.4 Å². The van der Waals surface area contributed by atoms with Gasteiger partial charge in [-0.25, -0.2) is 4.79 Å². The van der Waals surface area contributed by atoms with Crippen molar-refractivity contribution in [2.75, 3.05) is 6.54 Å². The maximum Gasteiger partial charge on any atom is 0.346 e. The minimum Gasteiger partial charge on any atom is -0.478 e. The number of aryl methyl sites for hydroxylation is 1. The third kappa shape index (κ3) is 3.62. The lowest BCUT2D eigenvalue weighted by molar-refractivity contribution is -0.144. The van der Waals surface area contributed by atoms with Gasteiger partial charge in [0.2, 0.25) is 6.10 Å². The normalized spacial score (nSPS) is 16.3. The van der Waals surface area contributed by atoms with Crippen LogP contribution in [0, 0.1) is 6.92 Å². The first kappa shape index (κ1) is 13.2. The zero-order chi connectivity index (χ0) is 13.1. The van der Waals surface area contributed by atoms with Crippen LogP contribution in [0.5, 0.6) is 5.75 Å². The zero-order valence-electron chi connectivity index (χ0n) is 10.1. The lowest BCUT2D eigenvalue weighted by Crippen LogP contribution is -2.38. The molecule has 4 nitrogen and oxygen atoms in total. The van der Waals surface area contributed by atoms with Gasteiger partial charge in [-0.05, 0) is 43.5 Å². The Kier molecular flexibility index (Phi) is 4.09. The number of benzene rings is 1. The highest BCUT2D eigenvalue weighted by Gasteiger charge is 2.26. The van der Waals surface area contributed by atoms with E-state index in [0.717, 1.165) is 18.4 Å². The predicted molar refractivity (Wildman–Crippen MR) is 69.3 cm³/mol. The van der Waals surface area contributed by atoms with Gasteiger partial charge in [-0.3, -0.25) is 0 Å². The number of hydrogen-bond acceptors (Lipinski definition) is 3. The van der Waals surface area contributed by atoms with Crippen molar-refractivity contribution in [1.82, 2.24) is 5.32 Å². The summed E-state index contributed by atoms with van der Waals surface area (Å²) in [5.74, 6) is -0.401. The standard InChI is InChI=1S/C13H16ClNO3/c1-8-6-9(14)2-5-11(8)18-12(13(16)17)7-15-10-3-4-10/h2,5-6,10,12,15H,3-4,7H2,1H3,(H,16,17). The van der Waals surface area contributed by atoms with Gasteiger partial charge in [0.05, 0.1) is 0 Å². The van der Waals surface area contributed by atoms with E-state index in [0.29, 0.717) is 23.4 Å². The Morgan fingerprint density at radius 3 is 2.89 bits per heavy atom. The van der Waals surface area contributed by atoms with Crippen molar-refractivity contribution >= 4 is 17.6 Å². The molecule has 0 spiro atoms. The summed E-state index contributed by atoms with van der Waals surface area (Å²) in [6.45, 7) is 2.16. The van der Waals surface area contributed by atoms with Crippen LogP contribution < -0.4 is 10.1 Å². The predicted octanol–water partition coefficient (Wildman–Crippen LogP) is 2.23. The molecule has 2 rings (SSSR count). The van der Waals surface area contributed by atoms with Crippen LogP contribution in [-0.4, -0.2) is 29.8 Å². The van der Waals surface area contributed by atoms with Crippen LogP contribution in [0.3, 0.4) is 0 Å². The highest BCUT2D eigenvalue weighted by molar-refractivity contribution is 6.30. The molecule has 1 aliphatic carbocycles. The minimum atomic E-state index is -0.961. The molecule has 0 aliphatic heterocycles. The molecule has 1 fully saturated rings. The smallest absolute Gasteiger partial charge is 0.346 e. The molecule has 0 saturated heterocycles. The van der Waals surface area contributed by atoms with Crippen LogP contribution in [0.25, 0.3) is 0 Å². The van der Waals surface area contributed by atoms with Crippen LogP contribution in [-0.2, 0) is 4.79 Å². The first-order valence-corrected chi connectivity index (χ1v) is 6.33. The topological polar surface area (TPSA) is 58.6 Å². The Labute approximate surface area is 111 Å². The van der Waals surface area contributed by atoms with Gasteiger partial charge in [0.1, 0.15) is 5.75 Å². The first-order valence-electron chi connectivity index (χ1n) is 5.95. The quantitative estimate of drug-likeness (QED) is 0.831. The fourth-order valence-electron chi connectivity index (χ4n) is 1.64. The van der Waals surface area contributed by atoms with Gasteiger partial charge < -0.3 is 15.2 Å². The Hall–Kier alpha value is -1.26. The van der Waals surface area contributed by atoms with Gasteiger partial charge in [0.25, 0.3) is 0 Å². The van der Waals surface area contributed by atoms with E-state index >= 15 is 0 Å². The summed E-state index contributed by atoms with van der Waals surface area (Å²) in [5.41, 5.74) is 0.833. The minimum absolute atomic E-state index is 0.321. The maximum atomic E-state index is 11.1. The molecule has 5 heteroatoms. The fourth-order valence-corrected chi connectivity index (χ4v) is 1.87. The highest BCUT2D eigenvalue weighted by Crippen LogP contribution is 2.23. The average molecular weight is 270 g/mol. The number of aliphatic carboxylic acids is 1. The summed E-state index contributed by atoms with van der Waals surface area (Å²) in [4.78, 5) is 11.1. The molecular formula is C13H16ClNO3.